The second-order valence-electron chi connectivity index (χ2n) is 8.43. The molecule has 176 valence electrons. The smallest absolute Gasteiger partial charge is 0.416 e. The van der Waals surface area contributed by atoms with E-state index in [1.165, 1.54) is 24.3 Å². The number of aromatic carboxylic acids is 1. The third kappa shape index (κ3) is 6.18. The second-order valence-corrected chi connectivity index (χ2v) is 8.43. The van der Waals surface area contributed by atoms with Gasteiger partial charge in [0.25, 0.3) is 0 Å². The Morgan fingerprint density at radius 2 is 1.76 bits per heavy atom. The van der Waals surface area contributed by atoms with Crippen LogP contribution in [0, 0.1) is 0 Å². The van der Waals surface area contributed by atoms with Crippen LogP contribution in [0.25, 0.3) is 12.2 Å². The van der Waals surface area contributed by atoms with E-state index >= 15 is 0 Å². The van der Waals surface area contributed by atoms with Gasteiger partial charge >= 0.3 is 12.1 Å². The molecule has 2 aromatic carbocycles. The average Bonchev–Trinajstić information content (AvgIpc) is 3.24. The fourth-order valence-electron chi connectivity index (χ4n) is 3.82. The van der Waals surface area contributed by atoms with Crippen molar-refractivity contribution in [3.8, 4) is 11.5 Å². The minimum atomic E-state index is -4.43. The Bertz CT molecular complexity index is 1060. The van der Waals surface area contributed by atoms with Crippen molar-refractivity contribution in [3.63, 3.8) is 0 Å². The molecule has 0 aliphatic heterocycles. The van der Waals surface area contributed by atoms with Gasteiger partial charge in [0.1, 0.15) is 17.1 Å². The van der Waals surface area contributed by atoms with Crippen molar-refractivity contribution in [1.82, 2.24) is 0 Å². The lowest BCUT2D eigenvalue weighted by Crippen LogP contribution is -2.13. The van der Waals surface area contributed by atoms with Gasteiger partial charge < -0.3 is 14.9 Å². The highest BCUT2D eigenvalue weighted by Gasteiger charge is 2.30. The number of halogens is 3. The molecule has 0 radical (unpaired) electrons. The molecule has 1 aliphatic carbocycles. The number of rotatable bonds is 7. The lowest BCUT2D eigenvalue weighted by atomic mass is 9.97. The van der Waals surface area contributed by atoms with Crippen LogP contribution in [-0.4, -0.2) is 22.3 Å². The third-order valence-electron chi connectivity index (χ3n) is 5.61. The molecule has 33 heavy (non-hydrogen) atoms. The van der Waals surface area contributed by atoms with E-state index in [2.05, 4.69) is 0 Å². The van der Waals surface area contributed by atoms with Crippen molar-refractivity contribution in [2.75, 3.05) is 0 Å². The summed E-state index contributed by atoms with van der Waals surface area (Å²) in [7, 11) is 0. The van der Waals surface area contributed by atoms with Crippen molar-refractivity contribution < 1.29 is 32.9 Å². The number of allylic oxidation sites excluding steroid dienone is 2. The number of hydrogen-bond acceptors (Lipinski definition) is 3. The molecule has 3 rings (SSSR count). The van der Waals surface area contributed by atoms with Gasteiger partial charge in [0, 0.05) is 5.56 Å². The number of hydrogen-bond donors (Lipinski definition) is 2. The molecule has 1 saturated carbocycles. The summed E-state index contributed by atoms with van der Waals surface area (Å²) in [5.41, 5.74) is 1.07. The fourth-order valence-corrected chi connectivity index (χ4v) is 3.82. The zero-order chi connectivity index (χ0) is 24.2. The van der Waals surface area contributed by atoms with Crippen LogP contribution >= 0.6 is 0 Å². The lowest BCUT2D eigenvalue weighted by molar-refractivity contribution is -0.137. The first-order valence-electron chi connectivity index (χ1n) is 10.8. The van der Waals surface area contributed by atoms with Crippen molar-refractivity contribution >= 4 is 18.1 Å². The molecule has 4 nitrogen and oxygen atoms in total. The van der Waals surface area contributed by atoms with Crippen LogP contribution in [-0.2, 0) is 12.6 Å². The Hall–Kier alpha value is -3.22. The number of ether oxygens (including phenoxy) is 1. The Balaban J connectivity index is 2.03. The normalized spacial score (nSPS) is 14.6. The van der Waals surface area contributed by atoms with Crippen LogP contribution in [0.15, 0.2) is 42.0 Å². The predicted octanol–water partition coefficient (Wildman–Crippen LogP) is 7.11. The molecule has 7 heteroatoms. The van der Waals surface area contributed by atoms with Crippen LogP contribution in [0.3, 0.4) is 0 Å². The molecule has 1 fully saturated rings. The number of benzene rings is 2. The summed E-state index contributed by atoms with van der Waals surface area (Å²) in [6.07, 6.45) is 4.63. The molecule has 2 N–H and O–H groups in total. The van der Waals surface area contributed by atoms with E-state index in [0.29, 0.717) is 23.3 Å². The molecule has 0 amide bonds. The van der Waals surface area contributed by atoms with Crippen LogP contribution in [0.5, 0.6) is 11.5 Å². The summed E-state index contributed by atoms with van der Waals surface area (Å²) in [6, 6.07) is 6.13. The van der Waals surface area contributed by atoms with Gasteiger partial charge in [0.15, 0.2) is 0 Å². The number of aromatic hydroxyl groups is 1. The van der Waals surface area contributed by atoms with Gasteiger partial charge in [-0.05, 0) is 75.3 Å². The zero-order valence-electron chi connectivity index (χ0n) is 18.6. The standard InChI is InChI=1S/C26H27F3O4/c1-16(2)7-14-21-22(33-20-5-3-4-6-20)15-18(23(24(21)30)25(31)32)11-8-17-9-12-19(13-10-17)26(27,28)29/h7-13,15,20,30H,3-6,14H2,1-2H3,(H,31,32)/b11-8+. The Labute approximate surface area is 191 Å². The van der Waals surface area contributed by atoms with Gasteiger partial charge in [-0.2, -0.15) is 13.2 Å². The van der Waals surface area contributed by atoms with Gasteiger partial charge in [-0.1, -0.05) is 35.9 Å². The molecule has 0 aromatic heterocycles. The van der Waals surface area contributed by atoms with Crippen LogP contribution in [0.2, 0.25) is 0 Å². The van der Waals surface area contributed by atoms with Crippen molar-refractivity contribution in [3.05, 3.63) is 69.8 Å². The largest absolute Gasteiger partial charge is 0.507 e. The van der Waals surface area contributed by atoms with E-state index in [4.69, 9.17) is 4.74 Å². The van der Waals surface area contributed by atoms with Crippen molar-refractivity contribution in [1.29, 1.82) is 0 Å². The fraction of sp³-hybridized carbons (Fsp3) is 0.346. The summed E-state index contributed by atoms with van der Waals surface area (Å²) in [5, 5.41) is 20.7. The Morgan fingerprint density at radius 3 is 2.30 bits per heavy atom. The average molecular weight is 460 g/mol. The second kappa shape index (κ2) is 10.1. The van der Waals surface area contributed by atoms with Crippen LogP contribution in [0.4, 0.5) is 13.2 Å². The molecule has 0 bridgehead atoms. The van der Waals surface area contributed by atoms with E-state index in [1.54, 1.807) is 6.07 Å². The monoisotopic (exact) mass is 460 g/mol. The van der Waals surface area contributed by atoms with Crippen LogP contribution < -0.4 is 4.74 Å². The van der Waals surface area contributed by atoms with E-state index < -0.39 is 17.7 Å². The maximum Gasteiger partial charge on any atom is 0.416 e. The minimum absolute atomic E-state index is 0.00252. The molecule has 0 spiro atoms. The maximum atomic E-state index is 12.8. The van der Waals surface area contributed by atoms with E-state index in [1.807, 2.05) is 19.9 Å². The summed E-state index contributed by atoms with van der Waals surface area (Å²) in [4.78, 5) is 12.0. The first-order valence-corrected chi connectivity index (χ1v) is 10.8. The molecular weight excluding hydrogens is 433 g/mol. The first kappa shape index (κ1) is 24.4. The van der Waals surface area contributed by atoms with Crippen molar-refractivity contribution in [2.45, 2.75) is 58.2 Å². The molecule has 0 heterocycles. The topological polar surface area (TPSA) is 66.8 Å². The summed E-state index contributed by atoms with van der Waals surface area (Å²) < 4.78 is 44.5. The number of alkyl halides is 3. The van der Waals surface area contributed by atoms with Gasteiger partial charge in [-0.3, -0.25) is 0 Å². The van der Waals surface area contributed by atoms with E-state index in [0.717, 1.165) is 43.4 Å². The predicted molar refractivity (Wildman–Crippen MR) is 121 cm³/mol. The number of carbonyl (C=O) groups is 1. The summed E-state index contributed by atoms with van der Waals surface area (Å²) >= 11 is 0. The quantitative estimate of drug-likeness (QED) is 0.341. The van der Waals surface area contributed by atoms with Gasteiger partial charge in [-0.15, -0.1) is 0 Å². The molecule has 2 aromatic rings. The summed E-state index contributed by atoms with van der Waals surface area (Å²) in [5.74, 6) is -1.23. The molecule has 0 saturated heterocycles. The van der Waals surface area contributed by atoms with Crippen molar-refractivity contribution in [2.24, 2.45) is 0 Å². The lowest BCUT2D eigenvalue weighted by Gasteiger charge is -2.19. The molecule has 1 aliphatic rings. The van der Waals surface area contributed by atoms with Gasteiger partial charge in [-0.25, -0.2) is 4.79 Å². The zero-order valence-corrected chi connectivity index (χ0v) is 18.6. The summed E-state index contributed by atoms with van der Waals surface area (Å²) in [6.45, 7) is 3.82. The Morgan fingerprint density at radius 1 is 1.12 bits per heavy atom. The minimum Gasteiger partial charge on any atom is -0.507 e. The number of carboxylic acids is 1. The highest BCUT2D eigenvalue weighted by Crippen LogP contribution is 2.38. The molecule has 0 unspecified atom stereocenters. The van der Waals surface area contributed by atoms with Gasteiger partial charge in [0.05, 0.1) is 11.7 Å². The SMILES string of the molecule is CC(C)=CCc1c(OC2CCCC2)cc(/C=C/c2ccc(C(F)(F)F)cc2)c(C(=O)O)c1O. The number of carboxylic acid groups (broad SMARTS) is 1. The van der Waals surface area contributed by atoms with Crippen LogP contribution in [0.1, 0.15) is 72.1 Å². The number of phenols is 1. The molecule has 0 atom stereocenters. The van der Waals surface area contributed by atoms with E-state index in [-0.39, 0.29) is 23.0 Å². The Kier molecular flexibility index (Phi) is 7.51. The first-order chi connectivity index (χ1) is 15.6. The van der Waals surface area contributed by atoms with Gasteiger partial charge in [0.2, 0.25) is 0 Å². The van der Waals surface area contributed by atoms with E-state index in [9.17, 15) is 28.2 Å². The maximum absolute atomic E-state index is 12.8. The molecular formula is C26H27F3O4. The third-order valence-corrected chi connectivity index (χ3v) is 5.61. The highest BCUT2D eigenvalue weighted by molar-refractivity contribution is 5.97. The highest BCUT2D eigenvalue weighted by atomic mass is 19.4.